The number of anilines is 1. The second-order valence-corrected chi connectivity index (χ2v) is 8.14. The third-order valence-electron chi connectivity index (χ3n) is 5.07. The number of hydrogen-bond donors (Lipinski definition) is 1. The molecule has 1 N–H and O–H groups in total. The Morgan fingerprint density at radius 2 is 1.81 bits per heavy atom. The Morgan fingerprint density at radius 3 is 2.67 bits per heavy atom. The highest BCUT2D eigenvalue weighted by atomic mass is 32.1. The molecule has 0 amide bonds. The van der Waals surface area contributed by atoms with E-state index in [1.165, 1.54) is 38.5 Å². The monoisotopic (exact) mass is 381 g/mol. The van der Waals surface area contributed by atoms with E-state index in [-0.39, 0.29) is 0 Å². The van der Waals surface area contributed by atoms with Crippen molar-refractivity contribution in [2.24, 2.45) is 10.1 Å². The number of benzene rings is 1. The molecular formula is C21H27N5S. The normalized spacial score (nSPS) is 18.4. The van der Waals surface area contributed by atoms with Crippen LogP contribution in [0.25, 0.3) is 11.3 Å². The Kier molecular flexibility index (Phi) is 6.14. The summed E-state index contributed by atoms with van der Waals surface area (Å²) in [6, 6.07) is 10.4. The summed E-state index contributed by atoms with van der Waals surface area (Å²) in [5.74, 6) is 1.01. The molecule has 3 heterocycles. The third kappa shape index (κ3) is 4.75. The van der Waals surface area contributed by atoms with Crippen LogP contribution in [0.15, 0.2) is 40.4 Å². The van der Waals surface area contributed by atoms with Crippen molar-refractivity contribution in [1.29, 1.82) is 0 Å². The number of amidine groups is 1. The number of nitrogens with zero attached hydrogens (tertiary/aromatic N) is 4. The van der Waals surface area contributed by atoms with Crippen LogP contribution >= 0.6 is 11.3 Å². The zero-order chi connectivity index (χ0) is 18.3. The van der Waals surface area contributed by atoms with Gasteiger partial charge >= 0.3 is 0 Å². The van der Waals surface area contributed by atoms with Crippen molar-refractivity contribution < 1.29 is 0 Å². The first-order valence-electron chi connectivity index (χ1n) is 10.0. The summed E-state index contributed by atoms with van der Waals surface area (Å²) in [7, 11) is 0. The van der Waals surface area contributed by atoms with E-state index < -0.39 is 0 Å². The highest BCUT2D eigenvalue weighted by Crippen LogP contribution is 2.33. The summed E-state index contributed by atoms with van der Waals surface area (Å²) in [6.45, 7) is 3.12. The molecule has 1 saturated heterocycles. The molecule has 2 aromatic rings. The Hall–Kier alpha value is -2.21. The molecule has 4 rings (SSSR count). The molecule has 1 aromatic heterocycles. The van der Waals surface area contributed by atoms with E-state index in [1.54, 1.807) is 11.3 Å². The number of aliphatic imine (C=N–C) groups is 1. The fourth-order valence-electron chi connectivity index (χ4n) is 3.56. The summed E-state index contributed by atoms with van der Waals surface area (Å²) >= 11 is 1.74. The van der Waals surface area contributed by atoms with Crippen LogP contribution in [0.1, 0.15) is 49.8 Å². The van der Waals surface area contributed by atoms with E-state index in [4.69, 9.17) is 4.98 Å². The van der Waals surface area contributed by atoms with Crippen molar-refractivity contribution in [3.63, 3.8) is 0 Å². The van der Waals surface area contributed by atoms with Crippen LogP contribution in [0.5, 0.6) is 0 Å². The molecule has 0 atom stereocenters. The summed E-state index contributed by atoms with van der Waals surface area (Å²) in [5.41, 5.74) is 5.33. The summed E-state index contributed by atoms with van der Waals surface area (Å²) < 4.78 is 0. The van der Waals surface area contributed by atoms with Gasteiger partial charge in [-0.05, 0) is 32.1 Å². The molecule has 0 radical (unpaired) electrons. The lowest BCUT2D eigenvalue weighted by molar-refractivity contribution is 0.577. The minimum Gasteiger partial charge on any atom is -0.348 e. The lowest BCUT2D eigenvalue weighted by Gasteiger charge is -2.25. The van der Waals surface area contributed by atoms with Gasteiger partial charge in [0.25, 0.3) is 0 Å². The highest BCUT2D eigenvalue weighted by Gasteiger charge is 2.18. The van der Waals surface area contributed by atoms with Gasteiger partial charge in [0.15, 0.2) is 5.13 Å². The Bertz CT molecular complexity index is 790. The topological polar surface area (TPSA) is 52.9 Å². The first kappa shape index (κ1) is 18.2. The molecule has 5 nitrogen and oxygen atoms in total. The third-order valence-corrected chi connectivity index (χ3v) is 6.12. The fraction of sp³-hybridized carbons (Fsp3) is 0.476. The number of nitrogens with one attached hydrogen (secondary N) is 1. The molecule has 2 aliphatic rings. The van der Waals surface area contributed by atoms with Crippen LogP contribution in [0.4, 0.5) is 5.13 Å². The van der Waals surface area contributed by atoms with Gasteiger partial charge in [-0.2, -0.15) is 5.10 Å². The summed E-state index contributed by atoms with van der Waals surface area (Å²) in [6.07, 6.45) is 10.4. The van der Waals surface area contributed by atoms with Crippen molar-refractivity contribution >= 4 is 28.5 Å². The van der Waals surface area contributed by atoms with Gasteiger partial charge in [0.2, 0.25) is 0 Å². The van der Waals surface area contributed by atoms with Gasteiger partial charge in [-0.25, -0.2) is 4.98 Å². The Balaban J connectivity index is 1.56. The van der Waals surface area contributed by atoms with E-state index in [9.17, 15) is 0 Å². The van der Waals surface area contributed by atoms with Crippen molar-refractivity contribution in [3.05, 3.63) is 35.2 Å². The molecule has 6 heteroatoms. The molecule has 2 aliphatic heterocycles. The zero-order valence-corrected chi connectivity index (χ0v) is 16.5. The van der Waals surface area contributed by atoms with E-state index in [0.29, 0.717) is 0 Å². The lowest BCUT2D eigenvalue weighted by Crippen LogP contribution is -2.29. The van der Waals surface area contributed by atoms with Crippen LogP contribution in [-0.4, -0.2) is 36.7 Å². The SMILES string of the molecule is C(=NNC1=NCCCCC1)c1sc(N2CCCCC2)nc1-c1ccccc1. The Morgan fingerprint density at radius 1 is 1.00 bits per heavy atom. The maximum atomic E-state index is 4.98. The van der Waals surface area contributed by atoms with Crippen LogP contribution in [0.3, 0.4) is 0 Å². The van der Waals surface area contributed by atoms with E-state index in [1.807, 2.05) is 12.3 Å². The van der Waals surface area contributed by atoms with Gasteiger partial charge < -0.3 is 4.90 Å². The smallest absolute Gasteiger partial charge is 0.186 e. The van der Waals surface area contributed by atoms with Crippen LogP contribution in [0.2, 0.25) is 0 Å². The predicted octanol–water partition coefficient (Wildman–Crippen LogP) is 4.70. The maximum absolute atomic E-state index is 4.98. The maximum Gasteiger partial charge on any atom is 0.186 e. The van der Waals surface area contributed by atoms with Crippen molar-refractivity contribution in [2.75, 3.05) is 24.5 Å². The predicted molar refractivity (Wildman–Crippen MR) is 115 cm³/mol. The lowest BCUT2D eigenvalue weighted by atomic mass is 10.1. The number of hydrazone groups is 1. The molecular weight excluding hydrogens is 354 g/mol. The molecule has 0 unspecified atom stereocenters. The fourth-order valence-corrected chi connectivity index (χ4v) is 4.57. The minimum atomic E-state index is 0.910. The van der Waals surface area contributed by atoms with Crippen LogP contribution in [0, 0.1) is 0 Å². The van der Waals surface area contributed by atoms with Gasteiger partial charge in [-0.1, -0.05) is 48.1 Å². The van der Waals surface area contributed by atoms with Crippen LogP contribution < -0.4 is 10.3 Å². The molecule has 1 fully saturated rings. The number of rotatable bonds is 4. The van der Waals surface area contributed by atoms with Gasteiger partial charge in [0.05, 0.1) is 16.8 Å². The molecule has 27 heavy (non-hydrogen) atoms. The first-order chi connectivity index (χ1) is 13.4. The number of piperidine rings is 1. The van der Waals surface area contributed by atoms with Gasteiger partial charge in [0, 0.05) is 31.6 Å². The van der Waals surface area contributed by atoms with E-state index in [2.05, 4.69) is 44.7 Å². The zero-order valence-electron chi connectivity index (χ0n) is 15.7. The number of hydrogen-bond acceptors (Lipinski definition) is 6. The van der Waals surface area contributed by atoms with Gasteiger partial charge in [-0.3, -0.25) is 10.4 Å². The quantitative estimate of drug-likeness (QED) is 0.617. The summed E-state index contributed by atoms with van der Waals surface area (Å²) in [5, 5.41) is 5.61. The molecule has 0 spiro atoms. The molecule has 0 aliphatic carbocycles. The van der Waals surface area contributed by atoms with Gasteiger partial charge in [0.1, 0.15) is 5.84 Å². The van der Waals surface area contributed by atoms with Crippen molar-refractivity contribution in [1.82, 2.24) is 10.4 Å². The summed E-state index contributed by atoms with van der Waals surface area (Å²) in [4.78, 5) is 13.1. The minimum absolute atomic E-state index is 0.910. The first-order valence-corrected chi connectivity index (χ1v) is 10.9. The standard InChI is InChI=1S/C21H27N5S/c1-4-10-17(11-5-1)20-18(16-23-25-19-12-6-2-7-13-22-19)27-21(24-20)26-14-8-3-9-15-26/h1,4-5,10-11,16H,2-3,6-9,12-15H2,(H,22,25). The second-order valence-electron chi connectivity index (χ2n) is 7.13. The highest BCUT2D eigenvalue weighted by molar-refractivity contribution is 7.17. The largest absolute Gasteiger partial charge is 0.348 e. The Labute approximate surface area is 165 Å². The van der Waals surface area contributed by atoms with Crippen molar-refractivity contribution in [3.8, 4) is 11.3 Å². The van der Waals surface area contributed by atoms with Crippen molar-refractivity contribution in [2.45, 2.75) is 44.9 Å². The van der Waals surface area contributed by atoms with E-state index in [0.717, 1.165) is 53.2 Å². The van der Waals surface area contributed by atoms with Gasteiger partial charge in [-0.15, -0.1) is 0 Å². The average Bonchev–Trinajstić information content (AvgIpc) is 2.98. The number of aromatic nitrogens is 1. The average molecular weight is 382 g/mol. The molecule has 142 valence electrons. The second kappa shape index (κ2) is 9.13. The molecule has 0 saturated carbocycles. The van der Waals surface area contributed by atoms with E-state index >= 15 is 0 Å². The van der Waals surface area contributed by atoms with Crippen LogP contribution in [-0.2, 0) is 0 Å². The molecule has 1 aromatic carbocycles. The number of thiazole rings is 1. The molecule has 0 bridgehead atoms.